The minimum atomic E-state index is -0.823. The number of halogens is 2. The first kappa shape index (κ1) is 25.2. The van der Waals surface area contributed by atoms with Crippen LogP contribution in [0.3, 0.4) is 0 Å². The Morgan fingerprint density at radius 3 is 2.45 bits per heavy atom. The molecule has 0 aliphatic heterocycles. The molecule has 3 heteroatoms. The van der Waals surface area contributed by atoms with Gasteiger partial charge in [-0.15, -0.1) is 0 Å². The number of hydrogen-bond acceptors (Lipinski definition) is 1. The Morgan fingerprint density at radius 2 is 1.77 bits per heavy atom. The Labute approximate surface area is 191 Å². The second-order valence-corrected chi connectivity index (χ2v) is 11.3. The van der Waals surface area contributed by atoms with Crippen LogP contribution in [-0.2, 0) is 0 Å². The van der Waals surface area contributed by atoms with Gasteiger partial charge in [-0.1, -0.05) is 44.3 Å². The molecular formula is C28H49F2N. The lowest BCUT2D eigenvalue weighted by molar-refractivity contribution is -0.0122. The zero-order valence-corrected chi connectivity index (χ0v) is 21.1. The quantitative estimate of drug-likeness (QED) is 0.327. The van der Waals surface area contributed by atoms with Crippen molar-refractivity contribution in [2.75, 3.05) is 7.05 Å². The molecule has 0 N–H and O–H groups in total. The number of rotatable bonds is 9. The van der Waals surface area contributed by atoms with Gasteiger partial charge in [0.1, 0.15) is 12.3 Å². The van der Waals surface area contributed by atoms with Crippen LogP contribution >= 0.6 is 0 Å². The molecule has 0 heterocycles. The molecule has 0 aromatic heterocycles. The summed E-state index contributed by atoms with van der Waals surface area (Å²) in [6, 6.07) is 0.455. The van der Waals surface area contributed by atoms with Gasteiger partial charge >= 0.3 is 0 Å². The Morgan fingerprint density at radius 1 is 1.03 bits per heavy atom. The summed E-state index contributed by atoms with van der Waals surface area (Å²) >= 11 is 0. The van der Waals surface area contributed by atoms with Gasteiger partial charge in [0.15, 0.2) is 0 Å². The number of hydrogen-bond donors (Lipinski definition) is 0. The number of alkyl halides is 2. The largest absolute Gasteiger partial charge is 0.294 e. The van der Waals surface area contributed by atoms with Gasteiger partial charge in [0.25, 0.3) is 0 Å². The molecule has 0 saturated heterocycles. The molecule has 4 unspecified atom stereocenters. The van der Waals surface area contributed by atoms with Crippen molar-refractivity contribution in [1.82, 2.24) is 4.90 Å². The highest BCUT2D eigenvalue weighted by atomic mass is 19.1. The average molecular weight is 438 g/mol. The Balaban J connectivity index is 2.04. The van der Waals surface area contributed by atoms with Crippen LogP contribution in [0, 0.1) is 17.8 Å². The SMILES string of the molecule is CCCC[C@@H]1CCC2=C(CCCC2)[C@@]1(CC(CC)C1CC(F)CCC1F)N(C)C(C)C. The van der Waals surface area contributed by atoms with Crippen LogP contribution in [0.25, 0.3) is 0 Å². The summed E-state index contributed by atoms with van der Waals surface area (Å²) in [5.41, 5.74) is 3.50. The monoisotopic (exact) mass is 437 g/mol. The van der Waals surface area contributed by atoms with Crippen molar-refractivity contribution < 1.29 is 8.78 Å². The Kier molecular flexibility index (Phi) is 9.04. The van der Waals surface area contributed by atoms with Crippen molar-refractivity contribution in [2.45, 2.75) is 142 Å². The number of likely N-dealkylation sites (N-methyl/N-ethyl adjacent to an activating group) is 1. The highest BCUT2D eigenvalue weighted by Gasteiger charge is 2.51. The Hall–Kier alpha value is -0.440. The summed E-state index contributed by atoms with van der Waals surface area (Å²) < 4.78 is 29.5. The van der Waals surface area contributed by atoms with Gasteiger partial charge in [-0.3, -0.25) is 4.90 Å². The topological polar surface area (TPSA) is 3.24 Å². The molecule has 0 aromatic rings. The Bertz CT molecular complexity index is 600. The van der Waals surface area contributed by atoms with Crippen LogP contribution in [0.15, 0.2) is 11.1 Å². The van der Waals surface area contributed by atoms with Gasteiger partial charge in [0.2, 0.25) is 0 Å². The zero-order valence-electron chi connectivity index (χ0n) is 21.1. The fraction of sp³-hybridized carbons (Fsp3) is 0.929. The summed E-state index contributed by atoms with van der Waals surface area (Å²) in [5, 5.41) is 0. The van der Waals surface area contributed by atoms with E-state index in [0.717, 1.165) is 12.8 Å². The van der Waals surface area contributed by atoms with Crippen molar-refractivity contribution in [3.05, 3.63) is 11.1 Å². The van der Waals surface area contributed by atoms with Gasteiger partial charge in [0.05, 0.1) is 0 Å². The first-order valence-electron chi connectivity index (χ1n) is 13.6. The third kappa shape index (κ3) is 5.22. The first-order chi connectivity index (χ1) is 14.8. The van der Waals surface area contributed by atoms with E-state index in [1.807, 2.05) is 0 Å². The van der Waals surface area contributed by atoms with E-state index >= 15 is 4.39 Å². The lowest BCUT2D eigenvalue weighted by atomic mass is 9.58. The highest BCUT2D eigenvalue weighted by Crippen LogP contribution is 2.54. The molecule has 3 aliphatic carbocycles. The molecule has 3 aliphatic rings. The smallest absolute Gasteiger partial charge is 0.103 e. The molecule has 6 atom stereocenters. The lowest BCUT2D eigenvalue weighted by Crippen LogP contribution is -2.59. The molecule has 1 nitrogen and oxygen atoms in total. The molecule has 3 rings (SSSR count). The predicted octanol–water partition coefficient (Wildman–Crippen LogP) is 8.43. The van der Waals surface area contributed by atoms with Gasteiger partial charge in [-0.05, 0) is 109 Å². The highest BCUT2D eigenvalue weighted by molar-refractivity contribution is 5.34. The zero-order chi connectivity index (χ0) is 22.6. The van der Waals surface area contributed by atoms with E-state index in [1.165, 1.54) is 57.8 Å². The maximum atomic E-state index is 15.1. The van der Waals surface area contributed by atoms with Crippen molar-refractivity contribution in [3.63, 3.8) is 0 Å². The molecule has 0 bridgehead atoms. The van der Waals surface area contributed by atoms with Crippen molar-refractivity contribution >= 4 is 0 Å². The summed E-state index contributed by atoms with van der Waals surface area (Å²) in [6.07, 6.45) is 13.1. The second kappa shape index (κ2) is 11.1. The maximum absolute atomic E-state index is 15.1. The third-order valence-electron chi connectivity index (χ3n) is 9.34. The molecule has 0 radical (unpaired) electrons. The van der Waals surface area contributed by atoms with Gasteiger partial charge in [0, 0.05) is 11.6 Å². The third-order valence-corrected chi connectivity index (χ3v) is 9.34. The molecule has 1 fully saturated rings. The second-order valence-electron chi connectivity index (χ2n) is 11.3. The van der Waals surface area contributed by atoms with Crippen LogP contribution < -0.4 is 0 Å². The van der Waals surface area contributed by atoms with E-state index in [-0.39, 0.29) is 17.4 Å². The predicted molar refractivity (Wildman–Crippen MR) is 129 cm³/mol. The summed E-state index contributed by atoms with van der Waals surface area (Å²) in [5.74, 6) is 0.814. The van der Waals surface area contributed by atoms with Crippen LogP contribution in [0.1, 0.15) is 118 Å². The molecule has 1 saturated carbocycles. The first-order valence-corrected chi connectivity index (χ1v) is 13.6. The molecule has 31 heavy (non-hydrogen) atoms. The summed E-state index contributed by atoms with van der Waals surface area (Å²) in [6.45, 7) is 9.18. The van der Waals surface area contributed by atoms with Crippen LogP contribution in [0.2, 0.25) is 0 Å². The van der Waals surface area contributed by atoms with Crippen molar-refractivity contribution in [2.24, 2.45) is 17.8 Å². The van der Waals surface area contributed by atoms with E-state index in [9.17, 15) is 4.39 Å². The lowest BCUT2D eigenvalue weighted by Gasteiger charge is -2.57. The van der Waals surface area contributed by atoms with Crippen LogP contribution in [0.5, 0.6) is 0 Å². The number of unbranched alkanes of at least 4 members (excludes halogenated alkanes) is 1. The summed E-state index contributed by atoms with van der Waals surface area (Å²) in [7, 11) is 2.34. The van der Waals surface area contributed by atoms with E-state index in [0.29, 0.717) is 31.2 Å². The van der Waals surface area contributed by atoms with Crippen molar-refractivity contribution in [3.8, 4) is 0 Å². The molecular weight excluding hydrogens is 388 g/mol. The summed E-state index contributed by atoms with van der Waals surface area (Å²) in [4.78, 5) is 2.68. The minimum absolute atomic E-state index is 0.0427. The van der Waals surface area contributed by atoms with E-state index in [4.69, 9.17) is 0 Å². The fourth-order valence-corrected chi connectivity index (χ4v) is 7.43. The van der Waals surface area contributed by atoms with E-state index in [2.05, 4.69) is 39.6 Å². The van der Waals surface area contributed by atoms with Gasteiger partial charge in [-0.2, -0.15) is 0 Å². The maximum Gasteiger partial charge on any atom is 0.103 e. The minimum Gasteiger partial charge on any atom is -0.294 e. The standard InChI is InChI=1S/C28H49F2N/c1-6-8-12-23-15-14-22-11-9-10-13-26(22)28(23,31(5)20(3)4)19-21(7-2)25-18-24(29)16-17-27(25)30/h20-21,23-25,27H,6-19H2,1-5H3/t21?,23-,24?,25?,27?,28+/m1/s1. The molecule has 0 aromatic carbocycles. The van der Waals surface area contributed by atoms with Gasteiger partial charge < -0.3 is 0 Å². The van der Waals surface area contributed by atoms with Crippen molar-refractivity contribution in [1.29, 1.82) is 0 Å². The normalized spacial score (nSPS) is 35.5. The molecule has 0 amide bonds. The van der Waals surface area contributed by atoms with Gasteiger partial charge in [-0.25, -0.2) is 8.78 Å². The van der Waals surface area contributed by atoms with Crippen LogP contribution in [-0.4, -0.2) is 35.9 Å². The number of allylic oxidation sites excluding steroid dienone is 1. The van der Waals surface area contributed by atoms with E-state index < -0.39 is 12.3 Å². The van der Waals surface area contributed by atoms with Crippen LogP contribution in [0.4, 0.5) is 8.78 Å². The molecule has 0 spiro atoms. The molecule has 180 valence electrons. The number of nitrogens with zero attached hydrogens (tertiary/aromatic N) is 1. The fourth-order valence-electron chi connectivity index (χ4n) is 7.43. The van der Waals surface area contributed by atoms with E-state index in [1.54, 1.807) is 11.1 Å². The average Bonchev–Trinajstić information content (AvgIpc) is 2.77.